The van der Waals surface area contributed by atoms with Gasteiger partial charge in [0, 0.05) is 26.2 Å². The minimum Gasteiger partial charge on any atom is -0.329 e. The lowest BCUT2D eigenvalue weighted by atomic mass is 10.1. The molecule has 2 rings (SSSR count). The van der Waals surface area contributed by atoms with Crippen molar-refractivity contribution < 1.29 is 4.39 Å². The van der Waals surface area contributed by atoms with Gasteiger partial charge in [-0.3, -0.25) is 4.90 Å². The van der Waals surface area contributed by atoms with Crippen LogP contribution in [0.1, 0.15) is 16.7 Å². The van der Waals surface area contributed by atoms with Crippen molar-refractivity contribution in [2.24, 2.45) is 5.73 Å². The molecule has 2 nitrogen and oxygen atoms in total. The van der Waals surface area contributed by atoms with Gasteiger partial charge in [-0.25, -0.2) is 4.39 Å². The summed E-state index contributed by atoms with van der Waals surface area (Å²) in [6, 6.07) is 15.7. The van der Waals surface area contributed by atoms with Crippen LogP contribution < -0.4 is 5.73 Å². The van der Waals surface area contributed by atoms with Gasteiger partial charge >= 0.3 is 0 Å². The predicted molar refractivity (Wildman–Crippen MR) is 80.7 cm³/mol. The molecular weight excluding hydrogens is 251 g/mol. The number of nitrogens with two attached hydrogens (primary N) is 1. The molecule has 106 valence electrons. The van der Waals surface area contributed by atoms with Gasteiger partial charge < -0.3 is 5.73 Å². The van der Waals surface area contributed by atoms with Gasteiger partial charge in [-0.1, -0.05) is 42.5 Å². The molecule has 0 amide bonds. The number of nitrogens with zero attached hydrogens (tertiary/aromatic N) is 1. The Morgan fingerprint density at radius 2 is 1.70 bits per heavy atom. The Morgan fingerprint density at radius 1 is 1.00 bits per heavy atom. The monoisotopic (exact) mass is 272 g/mol. The van der Waals surface area contributed by atoms with Crippen molar-refractivity contribution in [2.45, 2.75) is 20.0 Å². The van der Waals surface area contributed by atoms with Gasteiger partial charge in [0.05, 0.1) is 0 Å². The average Bonchev–Trinajstić information content (AvgIpc) is 2.44. The third-order valence-corrected chi connectivity index (χ3v) is 3.34. The molecule has 0 aromatic heterocycles. The smallest absolute Gasteiger partial charge is 0.126 e. The van der Waals surface area contributed by atoms with Crippen molar-refractivity contribution in [2.75, 3.05) is 13.1 Å². The maximum atomic E-state index is 13.6. The van der Waals surface area contributed by atoms with E-state index in [9.17, 15) is 4.39 Å². The van der Waals surface area contributed by atoms with E-state index >= 15 is 0 Å². The molecule has 0 aliphatic carbocycles. The van der Waals surface area contributed by atoms with Crippen LogP contribution in [-0.2, 0) is 13.1 Å². The van der Waals surface area contributed by atoms with Crippen LogP contribution in [0.4, 0.5) is 4.39 Å². The van der Waals surface area contributed by atoms with Gasteiger partial charge in [-0.05, 0) is 29.7 Å². The van der Waals surface area contributed by atoms with Crippen LogP contribution in [0.3, 0.4) is 0 Å². The molecule has 2 aromatic rings. The number of halogens is 1. The molecule has 0 fully saturated rings. The topological polar surface area (TPSA) is 29.3 Å². The van der Waals surface area contributed by atoms with Crippen molar-refractivity contribution in [3.05, 3.63) is 71.0 Å². The first-order valence-electron chi connectivity index (χ1n) is 6.90. The first-order valence-corrected chi connectivity index (χ1v) is 6.90. The largest absolute Gasteiger partial charge is 0.329 e. The molecule has 2 aromatic carbocycles. The first-order chi connectivity index (χ1) is 9.69. The third-order valence-electron chi connectivity index (χ3n) is 3.34. The molecule has 0 aliphatic heterocycles. The lowest BCUT2D eigenvalue weighted by Crippen LogP contribution is -2.28. The van der Waals surface area contributed by atoms with Gasteiger partial charge in [0.1, 0.15) is 5.82 Å². The van der Waals surface area contributed by atoms with Gasteiger partial charge in [-0.2, -0.15) is 0 Å². The minimum atomic E-state index is -0.144. The van der Waals surface area contributed by atoms with Crippen LogP contribution in [0, 0.1) is 12.7 Å². The van der Waals surface area contributed by atoms with E-state index in [1.807, 2.05) is 30.3 Å². The summed E-state index contributed by atoms with van der Waals surface area (Å²) in [7, 11) is 0. The molecule has 0 saturated carbocycles. The van der Waals surface area contributed by atoms with E-state index in [-0.39, 0.29) is 5.82 Å². The van der Waals surface area contributed by atoms with Crippen LogP contribution in [0.25, 0.3) is 0 Å². The molecule has 0 saturated heterocycles. The fourth-order valence-electron chi connectivity index (χ4n) is 2.23. The first kappa shape index (κ1) is 14.7. The molecule has 0 bridgehead atoms. The zero-order chi connectivity index (χ0) is 14.4. The van der Waals surface area contributed by atoms with Crippen LogP contribution >= 0.6 is 0 Å². The van der Waals surface area contributed by atoms with Crippen molar-refractivity contribution in [1.29, 1.82) is 0 Å². The highest BCUT2D eigenvalue weighted by Crippen LogP contribution is 2.13. The number of benzene rings is 2. The van der Waals surface area contributed by atoms with Gasteiger partial charge in [-0.15, -0.1) is 0 Å². The number of hydrogen-bond acceptors (Lipinski definition) is 2. The van der Waals surface area contributed by atoms with Crippen LogP contribution in [0.2, 0.25) is 0 Å². The third kappa shape index (κ3) is 4.15. The van der Waals surface area contributed by atoms with E-state index in [0.29, 0.717) is 18.7 Å². The number of rotatable bonds is 6. The zero-order valence-electron chi connectivity index (χ0n) is 11.8. The van der Waals surface area contributed by atoms with E-state index in [0.717, 1.165) is 18.7 Å². The Kier molecular flexibility index (Phi) is 5.27. The van der Waals surface area contributed by atoms with Gasteiger partial charge in [0.25, 0.3) is 0 Å². The normalized spacial score (nSPS) is 11.0. The Bertz CT molecular complexity index is 540. The van der Waals surface area contributed by atoms with Crippen molar-refractivity contribution >= 4 is 0 Å². The second-order valence-electron chi connectivity index (χ2n) is 5.07. The zero-order valence-corrected chi connectivity index (χ0v) is 11.8. The molecule has 0 spiro atoms. The standard InChI is InChI=1S/C17H21FN2/c1-14-7-8-16(11-17(14)18)13-20(10-9-19)12-15-5-3-2-4-6-15/h2-8,11H,9-10,12-13,19H2,1H3. The molecule has 0 radical (unpaired) electrons. The van der Waals surface area contributed by atoms with Crippen LogP contribution in [-0.4, -0.2) is 18.0 Å². The summed E-state index contributed by atoms with van der Waals surface area (Å²) in [6.07, 6.45) is 0. The Hall–Kier alpha value is -1.71. The quantitative estimate of drug-likeness (QED) is 0.875. The lowest BCUT2D eigenvalue weighted by molar-refractivity contribution is 0.264. The van der Waals surface area contributed by atoms with Crippen molar-refractivity contribution in [1.82, 2.24) is 4.90 Å². The predicted octanol–water partition coefficient (Wildman–Crippen LogP) is 3.10. The molecule has 0 atom stereocenters. The van der Waals surface area contributed by atoms with E-state index < -0.39 is 0 Å². The summed E-state index contributed by atoms with van der Waals surface area (Å²) in [4.78, 5) is 2.24. The summed E-state index contributed by atoms with van der Waals surface area (Å²) < 4.78 is 13.6. The highest BCUT2D eigenvalue weighted by Gasteiger charge is 2.07. The van der Waals surface area contributed by atoms with E-state index in [1.54, 1.807) is 13.0 Å². The van der Waals surface area contributed by atoms with Crippen LogP contribution in [0.15, 0.2) is 48.5 Å². The van der Waals surface area contributed by atoms with Gasteiger partial charge in [0.15, 0.2) is 0 Å². The maximum Gasteiger partial charge on any atom is 0.126 e. The molecule has 0 unspecified atom stereocenters. The SMILES string of the molecule is Cc1ccc(CN(CCN)Cc2ccccc2)cc1F. The molecule has 3 heteroatoms. The molecular formula is C17H21FN2. The summed E-state index contributed by atoms with van der Waals surface area (Å²) in [5, 5.41) is 0. The van der Waals surface area contributed by atoms with Crippen LogP contribution in [0.5, 0.6) is 0 Å². The Balaban J connectivity index is 2.06. The highest BCUT2D eigenvalue weighted by atomic mass is 19.1. The molecule has 0 heterocycles. The summed E-state index contributed by atoms with van der Waals surface area (Å²) in [5.41, 5.74) is 8.59. The fraction of sp³-hybridized carbons (Fsp3) is 0.294. The maximum absolute atomic E-state index is 13.6. The van der Waals surface area contributed by atoms with Gasteiger partial charge in [0.2, 0.25) is 0 Å². The molecule has 2 N–H and O–H groups in total. The van der Waals surface area contributed by atoms with E-state index in [1.165, 1.54) is 5.56 Å². The number of aryl methyl sites for hydroxylation is 1. The fourth-order valence-corrected chi connectivity index (χ4v) is 2.23. The number of hydrogen-bond donors (Lipinski definition) is 1. The molecule has 0 aliphatic rings. The lowest BCUT2D eigenvalue weighted by Gasteiger charge is -2.22. The Morgan fingerprint density at radius 3 is 2.35 bits per heavy atom. The van der Waals surface area contributed by atoms with E-state index in [2.05, 4.69) is 17.0 Å². The Labute approximate surface area is 120 Å². The van der Waals surface area contributed by atoms with Crippen molar-refractivity contribution in [3.8, 4) is 0 Å². The summed E-state index contributed by atoms with van der Waals surface area (Å²) >= 11 is 0. The highest BCUT2D eigenvalue weighted by molar-refractivity contribution is 5.23. The summed E-state index contributed by atoms with van der Waals surface area (Å²) in [6.45, 7) is 4.71. The average molecular weight is 272 g/mol. The summed E-state index contributed by atoms with van der Waals surface area (Å²) in [5.74, 6) is -0.144. The molecule has 20 heavy (non-hydrogen) atoms. The minimum absolute atomic E-state index is 0.144. The second kappa shape index (κ2) is 7.17. The van der Waals surface area contributed by atoms with E-state index in [4.69, 9.17) is 5.73 Å². The van der Waals surface area contributed by atoms with Crippen molar-refractivity contribution in [3.63, 3.8) is 0 Å². The second-order valence-corrected chi connectivity index (χ2v) is 5.07.